The van der Waals surface area contributed by atoms with Crippen LogP contribution in [0, 0.1) is 0 Å². The van der Waals surface area contributed by atoms with Gasteiger partial charge in [0.05, 0.1) is 13.2 Å². The standard InChI is InChI=1S/C27H34N2O3.2ClH/c1-27(2,29-18-23(30)19-32-25-17-11-10-16-24(25)31-3)20-28-26(21-12-6-4-7-13-21)22-14-8-5-9-15-22;;/h4-17,23,26,28-30H,18-20H2,1-3H3;2*1H. The maximum Gasteiger partial charge on any atom is 0.161 e. The van der Waals surface area contributed by atoms with Gasteiger partial charge < -0.3 is 25.2 Å². The molecule has 0 aliphatic heterocycles. The number of hydrogen-bond acceptors (Lipinski definition) is 5. The lowest BCUT2D eigenvalue weighted by Crippen LogP contribution is -2.51. The first-order valence-electron chi connectivity index (χ1n) is 11.0. The molecule has 1 unspecified atom stereocenters. The van der Waals surface area contributed by atoms with E-state index >= 15 is 0 Å². The van der Waals surface area contributed by atoms with Crippen LogP contribution in [0.5, 0.6) is 11.5 Å². The summed E-state index contributed by atoms with van der Waals surface area (Å²) in [6.45, 7) is 5.59. The van der Waals surface area contributed by atoms with E-state index in [4.69, 9.17) is 9.47 Å². The molecular formula is C27H36Cl2N2O3. The Kier molecular flexibility index (Phi) is 13.0. The summed E-state index contributed by atoms with van der Waals surface area (Å²) in [4.78, 5) is 0. The maximum absolute atomic E-state index is 10.4. The fourth-order valence-electron chi connectivity index (χ4n) is 3.52. The van der Waals surface area contributed by atoms with Gasteiger partial charge in [-0.25, -0.2) is 0 Å². The Labute approximate surface area is 215 Å². The van der Waals surface area contributed by atoms with Crippen LogP contribution in [-0.2, 0) is 0 Å². The molecule has 3 aromatic rings. The third-order valence-corrected chi connectivity index (χ3v) is 5.33. The number of hydrogen-bond donors (Lipinski definition) is 3. The number of methoxy groups -OCH3 is 1. The van der Waals surface area contributed by atoms with Gasteiger partial charge in [0, 0.05) is 18.6 Å². The highest BCUT2D eigenvalue weighted by Gasteiger charge is 2.22. The smallest absolute Gasteiger partial charge is 0.161 e. The molecule has 0 amide bonds. The van der Waals surface area contributed by atoms with Gasteiger partial charge in [0.25, 0.3) is 0 Å². The third-order valence-electron chi connectivity index (χ3n) is 5.33. The van der Waals surface area contributed by atoms with Crippen LogP contribution < -0.4 is 20.1 Å². The number of aliphatic hydroxyl groups is 1. The number of benzene rings is 3. The van der Waals surface area contributed by atoms with Gasteiger partial charge in [0.15, 0.2) is 11.5 Å². The molecule has 0 aliphatic rings. The van der Waals surface area contributed by atoms with Crippen LogP contribution in [0.3, 0.4) is 0 Å². The highest BCUT2D eigenvalue weighted by Crippen LogP contribution is 2.26. The summed E-state index contributed by atoms with van der Waals surface area (Å²) >= 11 is 0. The van der Waals surface area contributed by atoms with Crippen LogP contribution in [0.1, 0.15) is 31.0 Å². The minimum atomic E-state index is -0.641. The van der Waals surface area contributed by atoms with Crippen molar-refractivity contribution in [1.29, 1.82) is 0 Å². The fraction of sp³-hybridized carbons (Fsp3) is 0.333. The minimum Gasteiger partial charge on any atom is -0.493 e. The molecule has 0 fully saturated rings. The molecule has 7 heteroatoms. The first-order chi connectivity index (χ1) is 15.5. The number of para-hydroxylation sites is 2. The molecule has 0 saturated carbocycles. The summed E-state index contributed by atoms with van der Waals surface area (Å²) in [5.74, 6) is 1.29. The van der Waals surface area contributed by atoms with Crippen molar-refractivity contribution in [3.63, 3.8) is 0 Å². The first kappa shape index (κ1) is 29.8. The zero-order chi connectivity index (χ0) is 22.8. The topological polar surface area (TPSA) is 62.8 Å². The number of β-amino-alcohol motifs (C(OH)–C–C–N with tert-alkyl or cyclic N) is 1. The Morgan fingerprint density at radius 1 is 0.794 bits per heavy atom. The number of rotatable bonds is 12. The molecule has 0 heterocycles. The summed E-state index contributed by atoms with van der Waals surface area (Å²) in [5.41, 5.74) is 2.22. The van der Waals surface area contributed by atoms with Crippen molar-refractivity contribution in [2.75, 3.05) is 26.8 Å². The Balaban J connectivity index is 0.00000289. The van der Waals surface area contributed by atoms with Crippen LogP contribution in [0.25, 0.3) is 0 Å². The van der Waals surface area contributed by atoms with Crippen molar-refractivity contribution in [1.82, 2.24) is 10.6 Å². The summed E-state index contributed by atoms with van der Waals surface area (Å²) in [7, 11) is 1.61. The van der Waals surface area contributed by atoms with E-state index in [-0.39, 0.29) is 43.0 Å². The minimum absolute atomic E-state index is 0. The lowest BCUT2D eigenvalue weighted by Gasteiger charge is -2.31. The van der Waals surface area contributed by atoms with Gasteiger partial charge in [0.1, 0.15) is 12.7 Å². The summed E-state index contributed by atoms with van der Waals surface area (Å²) < 4.78 is 11.0. The lowest BCUT2D eigenvalue weighted by atomic mass is 9.97. The number of nitrogens with one attached hydrogen (secondary N) is 2. The molecular weight excluding hydrogens is 471 g/mol. The normalized spacial score (nSPS) is 11.8. The van der Waals surface area contributed by atoms with E-state index in [0.29, 0.717) is 18.0 Å². The highest BCUT2D eigenvalue weighted by atomic mass is 35.5. The second-order valence-electron chi connectivity index (χ2n) is 8.52. The molecule has 1 atom stereocenters. The Morgan fingerprint density at radius 2 is 1.29 bits per heavy atom. The molecule has 3 aromatic carbocycles. The van der Waals surface area contributed by atoms with Crippen LogP contribution in [0.4, 0.5) is 0 Å². The molecule has 5 nitrogen and oxygen atoms in total. The second kappa shape index (κ2) is 14.9. The van der Waals surface area contributed by atoms with E-state index in [1.54, 1.807) is 7.11 Å². The third kappa shape index (κ3) is 9.16. The van der Waals surface area contributed by atoms with E-state index in [2.05, 4.69) is 73.0 Å². The zero-order valence-corrected chi connectivity index (χ0v) is 21.6. The predicted octanol–water partition coefficient (Wildman–Crippen LogP) is 5.03. The SMILES string of the molecule is COc1ccccc1OCC(O)CNC(C)(C)CNC(c1ccccc1)c1ccccc1.Cl.Cl. The first-order valence-corrected chi connectivity index (χ1v) is 11.0. The number of ether oxygens (including phenoxy) is 2. The Bertz CT molecular complexity index is 903. The average molecular weight is 508 g/mol. The van der Waals surface area contributed by atoms with Gasteiger partial charge in [0.2, 0.25) is 0 Å². The van der Waals surface area contributed by atoms with Crippen molar-refractivity contribution >= 4 is 24.8 Å². The van der Waals surface area contributed by atoms with Crippen molar-refractivity contribution in [2.45, 2.75) is 31.5 Å². The van der Waals surface area contributed by atoms with Crippen molar-refractivity contribution in [2.24, 2.45) is 0 Å². The summed E-state index contributed by atoms with van der Waals surface area (Å²) in [6, 6.07) is 28.4. The van der Waals surface area contributed by atoms with Crippen LogP contribution in [0.15, 0.2) is 84.9 Å². The average Bonchev–Trinajstić information content (AvgIpc) is 2.83. The van der Waals surface area contributed by atoms with E-state index in [1.165, 1.54) is 11.1 Å². The van der Waals surface area contributed by atoms with Crippen LogP contribution >= 0.6 is 24.8 Å². The summed E-state index contributed by atoms with van der Waals surface area (Å²) in [6.07, 6.45) is -0.641. The van der Waals surface area contributed by atoms with Gasteiger partial charge in [-0.15, -0.1) is 24.8 Å². The van der Waals surface area contributed by atoms with Gasteiger partial charge in [-0.2, -0.15) is 0 Å². The van der Waals surface area contributed by atoms with Crippen molar-refractivity contribution < 1.29 is 14.6 Å². The predicted molar refractivity (Wildman–Crippen MR) is 144 cm³/mol. The van der Waals surface area contributed by atoms with E-state index in [1.807, 2.05) is 36.4 Å². The van der Waals surface area contributed by atoms with Gasteiger partial charge in [-0.1, -0.05) is 72.8 Å². The van der Waals surface area contributed by atoms with Crippen LogP contribution in [-0.4, -0.2) is 43.6 Å². The molecule has 0 saturated heterocycles. The zero-order valence-electron chi connectivity index (χ0n) is 19.9. The largest absolute Gasteiger partial charge is 0.493 e. The number of aliphatic hydroxyl groups excluding tert-OH is 1. The molecule has 0 spiro atoms. The highest BCUT2D eigenvalue weighted by molar-refractivity contribution is 5.85. The van der Waals surface area contributed by atoms with E-state index in [0.717, 1.165) is 6.54 Å². The summed E-state index contributed by atoms with van der Waals surface area (Å²) in [5, 5.41) is 17.6. The van der Waals surface area contributed by atoms with Crippen LogP contribution in [0.2, 0.25) is 0 Å². The molecule has 0 aliphatic carbocycles. The van der Waals surface area contributed by atoms with Gasteiger partial charge >= 0.3 is 0 Å². The Morgan fingerprint density at radius 3 is 1.82 bits per heavy atom. The molecule has 186 valence electrons. The second-order valence-corrected chi connectivity index (χ2v) is 8.52. The van der Waals surface area contributed by atoms with E-state index in [9.17, 15) is 5.11 Å². The molecule has 0 radical (unpaired) electrons. The molecule has 3 N–H and O–H groups in total. The fourth-order valence-corrected chi connectivity index (χ4v) is 3.52. The van der Waals surface area contributed by atoms with Crippen molar-refractivity contribution in [3.8, 4) is 11.5 Å². The van der Waals surface area contributed by atoms with Gasteiger partial charge in [-0.05, 0) is 37.1 Å². The quantitative estimate of drug-likeness (QED) is 0.321. The monoisotopic (exact) mass is 506 g/mol. The van der Waals surface area contributed by atoms with Crippen molar-refractivity contribution in [3.05, 3.63) is 96.1 Å². The van der Waals surface area contributed by atoms with Gasteiger partial charge in [-0.3, -0.25) is 0 Å². The molecule has 0 bridgehead atoms. The lowest BCUT2D eigenvalue weighted by molar-refractivity contribution is 0.0970. The number of halogens is 2. The molecule has 3 rings (SSSR count). The maximum atomic E-state index is 10.4. The Hall–Kier alpha value is -2.28. The van der Waals surface area contributed by atoms with E-state index < -0.39 is 6.10 Å². The molecule has 34 heavy (non-hydrogen) atoms. The molecule has 0 aromatic heterocycles.